The summed E-state index contributed by atoms with van der Waals surface area (Å²) < 4.78 is 33.2. The van der Waals surface area contributed by atoms with Crippen molar-refractivity contribution in [3.05, 3.63) is 11.4 Å². The zero-order chi connectivity index (χ0) is 26.5. The zero-order valence-corrected chi connectivity index (χ0v) is 23.7. The van der Waals surface area contributed by atoms with Gasteiger partial charge in [0.05, 0.1) is 78.5 Å². The molecule has 1 saturated carbocycles. The molecule has 1 aliphatic carbocycles. The predicted molar refractivity (Wildman–Crippen MR) is 148 cm³/mol. The molecule has 1 fully saturated rings. The number of allylic oxidation sites excluding steroid dienone is 1. The summed E-state index contributed by atoms with van der Waals surface area (Å²) in [6.07, 6.45) is 7.31. The second-order valence-electron chi connectivity index (χ2n) is 8.92. The van der Waals surface area contributed by atoms with E-state index in [9.17, 15) is 0 Å². The van der Waals surface area contributed by atoms with E-state index in [1.165, 1.54) is 43.5 Å². The molecule has 0 aromatic carbocycles. The molecule has 0 bridgehead atoms. The maximum atomic E-state index is 5.69. The Hall–Kier alpha value is -0.980. The van der Waals surface area contributed by atoms with Crippen LogP contribution in [0.2, 0.25) is 0 Å². The summed E-state index contributed by atoms with van der Waals surface area (Å²) in [6, 6.07) is 0. The maximum absolute atomic E-state index is 5.69. The molecule has 0 heterocycles. The molecular formula is C27H56N4O6. The van der Waals surface area contributed by atoms with E-state index in [1.54, 1.807) is 0 Å². The lowest BCUT2D eigenvalue weighted by Gasteiger charge is -2.24. The number of ether oxygens (including phenoxy) is 6. The van der Waals surface area contributed by atoms with Gasteiger partial charge in [0.2, 0.25) is 0 Å². The highest BCUT2D eigenvalue weighted by atomic mass is 16.6. The first kappa shape index (κ1) is 34.0. The zero-order valence-electron chi connectivity index (χ0n) is 23.7. The van der Waals surface area contributed by atoms with Crippen molar-refractivity contribution in [2.24, 2.45) is 0 Å². The molecule has 0 radical (unpaired) electrons. The van der Waals surface area contributed by atoms with Crippen LogP contribution in [0, 0.1) is 0 Å². The minimum atomic E-state index is 0.563. The molecule has 10 heteroatoms. The van der Waals surface area contributed by atoms with Crippen molar-refractivity contribution in [3.8, 4) is 0 Å². The Kier molecular flexibility index (Phi) is 25.8. The van der Waals surface area contributed by atoms with E-state index in [2.05, 4.69) is 28.2 Å². The predicted octanol–water partition coefficient (Wildman–Crippen LogP) is 1.66. The van der Waals surface area contributed by atoms with E-state index in [0.717, 1.165) is 52.4 Å². The van der Waals surface area contributed by atoms with E-state index in [0.29, 0.717) is 66.1 Å². The first-order valence-electron chi connectivity index (χ1n) is 14.4. The standard InChI is InChI=1S/C27H56N4O6/c1-3-4-5-14-32-16-12-29-9-10-30-27(26-7-6-8-26)31-13-17-34-19-21-36-23-25-37-24-22-35-20-18-33-15-11-28-2/h28-31H,3-25H2,1-2H3. The molecule has 0 aromatic heterocycles. The quantitative estimate of drug-likeness (QED) is 0.102. The van der Waals surface area contributed by atoms with E-state index < -0.39 is 0 Å². The Morgan fingerprint density at radius 2 is 1.08 bits per heavy atom. The minimum absolute atomic E-state index is 0.563. The molecule has 0 saturated heterocycles. The van der Waals surface area contributed by atoms with Crippen molar-refractivity contribution in [1.29, 1.82) is 0 Å². The molecule has 0 atom stereocenters. The Morgan fingerprint density at radius 1 is 0.568 bits per heavy atom. The van der Waals surface area contributed by atoms with Crippen LogP contribution in [-0.2, 0) is 28.4 Å². The van der Waals surface area contributed by atoms with Gasteiger partial charge in [-0.2, -0.15) is 0 Å². The Labute approximate surface area is 225 Å². The molecule has 1 aliphatic rings. The van der Waals surface area contributed by atoms with Crippen LogP contribution in [0.15, 0.2) is 11.4 Å². The fourth-order valence-electron chi connectivity index (χ4n) is 3.42. The van der Waals surface area contributed by atoms with Gasteiger partial charge in [-0.25, -0.2) is 0 Å². The highest BCUT2D eigenvalue weighted by Gasteiger charge is 2.14. The van der Waals surface area contributed by atoms with Gasteiger partial charge in [0.1, 0.15) is 0 Å². The van der Waals surface area contributed by atoms with E-state index in [-0.39, 0.29) is 0 Å². The van der Waals surface area contributed by atoms with Crippen LogP contribution in [0.1, 0.15) is 45.4 Å². The van der Waals surface area contributed by atoms with Gasteiger partial charge < -0.3 is 49.7 Å². The van der Waals surface area contributed by atoms with Gasteiger partial charge >= 0.3 is 0 Å². The first-order valence-corrected chi connectivity index (χ1v) is 14.4. The summed E-state index contributed by atoms with van der Waals surface area (Å²) in [5.41, 5.74) is 1.49. The van der Waals surface area contributed by atoms with Crippen LogP contribution in [-0.4, -0.2) is 119 Å². The van der Waals surface area contributed by atoms with Gasteiger partial charge in [-0.1, -0.05) is 19.8 Å². The Balaban J connectivity index is 1.85. The number of hydrogen-bond acceptors (Lipinski definition) is 10. The molecule has 0 aliphatic heterocycles. The topological polar surface area (TPSA) is 104 Å². The van der Waals surface area contributed by atoms with Gasteiger partial charge in [-0.15, -0.1) is 0 Å². The van der Waals surface area contributed by atoms with Crippen molar-refractivity contribution in [2.45, 2.75) is 45.4 Å². The second-order valence-corrected chi connectivity index (χ2v) is 8.92. The van der Waals surface area contributed by atoms with Crippen LogP contribution in [0.5, 0.6) is 0 Å². The lowest BCUT2D eigenvalue weighted by atomic mass is 9.92. The average Bonchev–Trinajstić information content (AvgIpc) is 2.87. The summed E-state index contributed by atoms with van der Waals surface area (Å²) in [5, 5.41) is 13.5. The molecule has 0 amide bonds. The van der Waals surface area contributed by atoms with Crippen molar-refractivity contribution >= 4 is 0 Å². The molecular weight excluding hydrogens is 476 g/mol. The van der Waals surface area contributed by atoms with Crippen molar-refractivity contribution < 1.29 is 28.4 Å². The van der Waals surface area contributed by atoms with E-state index in [4.69, 9.17) is 28.4 Å². The van der Waals surface area contributed by atoms with Crippen LogP contribution in [0.3, 0.4) is 0 Å². The third-order valence-corrected chi connectivity index (χ3v) is 5.76. The summed E-state index contributed by atoms with van der Waals surface area (Å²) in [6.45, 7) is 14.2. The Bertz CT molecular complexity index is 507. The summed E-state index contributed by atoms with van der Waals surface area (Å²) in [7, 11) is 1.91. The molecule has 37 heavy (non-hydrogen) atoms. The number of likely N-dealkylation sites (N-methyl/N-ethyl adjacent to an activating group) is 1. The van der Waals surface area contributed by atoms with Crippen LogP contribution < -0.4 is 21.3 Å². The van der Waals surface area contributed by atoms with Crippen molar-refractivity contribution in [3.63, 3.8) is 0 Å². The largest absolute Gasteiger partial charge is 0.380 e. The minimum Gasteiger partial charge on any atom is -0.380 e. The van der Waals surface area contributed by atoms with Gasteiger partial charge in [0.25, 0.3) is 0 Å². The van der Waals surface area contributed by atoms with Crippen LogP contribution >= 0.6 is 0 Å². The van der Waals surface area contributed by atoms with Gasteiger partial charge in [0.15, 0.2) is 0 Å². The highest BCUT2D eigenvalue weighted by Crippen LogP contribution is 2.26. The number of rotatable bonds is 30. The fourth-order valence-corrected chi connectivity index (χ4v) is 3.42. The van der Waals surface area contributed by atoms with E-state index >= 15 is 0 Å². The summed E-state index contributed by atoms with van der Waals surface area (Å²) >= 11 is 0. The van der Waals surface area contributed by atoms with Crippen molar-refractivity contribution in [2.75, 3.05) is 119 Å². The molecule has 0 unspecified atom stereocenters. The van der Waals surface area contributed by atoms with Gasteiger partial charge in [-0.3, -0.25) is 0 Å². The summed E-state index contributed by atoms with van der Waals surface area (Å²) in [4.78, 5) is 0. The van der Waals surface area contributed by atoms with Crippen LogP contribution in [0.25, 0.3) is 0 Å². The lowest BCUT2D eigenvalue weighted by molar-refractivity contribution is -0.0104. The van der Waals surface area contributed by atoms with Gasteiger partial charge in [-0.05, 0) is 38.3 Å². The molecule has 0 spiro atoms. The molecule has 220 valence electrons. The molecule has 1 rings (SSSR count). The number of unbranched alkanes of at least 4 members (excludes halogenated alkanes) is 2. The van der Waals surface area contributed by atoms with E-state index in [1.807, 2.05) is 7.05 Å². The number of hydrogen-bond donors (Lipinski definition) is 4. The summed E-state index contributed by atoms with van der Waals surface area (Å²) in [5.74, 6) is 1.19. The fraction of sp³-hybridized carbons (Fsp3) is 0.926. The second kappa shape index (κ2) is 28.0. The SMILES string of the molecule is CCCCCOCCNCCNC(NCCOCCOCCOCCOCCOCCNC)=C1CCC1. The molecule has 4 N–H and O–H groups in total. The van der Waals surface area contributed by atoms with Crippen LogP contribution in [0.4, 0.5) is 0 Å². The average molecular weight is 533 g/mol. The monoisotopic (exact) mass is 532 g/mol. The first-order chi connectivity index (χ1) is 18.4. The third kappa shape index (κ3) is 22.7. The molecule has 0 aromatic rings. The highest BCUT2D eigenvalue weighted by molar-refractivity contribution is 5.17. The van der Waals surface area contributed by atoms with Gasteiger partial charge in [0, 0.05) is 39.3 Å². The maximum Gasteiger partial charge on any atom is 0.0979 e. The van der Waals surface area contributed by atoms with Crippen molar-refractivity contribution in [1.82, 2.24) is 21.3 Å². The lowest BCUT2D eigenvalue weighted by Crippen LogP contribution is -2.36. The smallest absolute Gasteiger partial charge is 0.0979 e. The number of nitrogens with one attached hydrogen (secondary N) is 4. The molecule has 10 nitrogen and oxygen atoms in total. The Morgan fingerprint density at radius 3 is 1.62 bits per heavy atom. The normalized spacial score (nSPS) is 13.1. The third-order valence-electron chi connectivity index (χ3n) is 5.76.